The van der Waals surface area contributed by atoms with E-state index >= 15 is 0 Å². The van der Waals surface area contributed by atoms with Crippen molar-refractivity contribution in [1.29, 1.82) is 0 Å². The number of rotatable bonds is 7. The number of ether oxygens (including phenoxy) is 1. The molecule has 0 radical (unpaired) electrons. The Morgan fingerprint density at radius 1 is 1.11 bits per heavy atom. The molecule has 138 valence electrons. The summed E-state index contributed by atoms with van der Waals surface area (Å²) in [6, 6.07) is 16.0. The maximum Gasteiger partial charge on any atom is 0.224 e. The topological polar surface area (TPSA) is 81.9 Å². The van der Waals surface area contributed by atoms with Crippen molar-refractivity contribution in [3.05, 3.63) is 65.5 Å². The maximum absolute atomic E-state index is 11.5. The van der Waals surface area contributed by atoms with Crippen LogP contribution in [0.25, 0.3) is 0 Å². The summed E-state index contributed by atoms with van der Waals surface area (Å²) in [6.45, 7) is 1.22. The van der Waals surface area contributed by atoms with Crippen molar-refractivity contribution in [2.24, 2.45) is 0 Å². The summed E-state index contributed by atoms with van der Waals surface area (Å²) in [5.41, 5.74) is 3.18. The molecule has 27 heavy (non-hydrogen) atoms. The largest absolute Gasteiger partial charge is 0.494 e. The molecule has 0 atom stereocenters. The van der Waals surface area contributed by atoms with Gasteiger partial charge in [0.15, 0.2) is 5.82 Å². The second-order valence-electron chi connectivity index (χ2n) is 6.56. The highest BCUT2D eigenvalue weighted by Gasteiger charge is 2.15. The van der Waals surface area contributed by atoms with Gasteiger partial charge in [-0.15, -0.1) is 5.10 Å². The zero-order valence-electron chi connectivity index (χ0n) is 15.0. The number of carbonyl (C=O) groups is 1. The van der Waals surface area contributed by atoms with E-state index in [0.717, 1.165) is 42.1 Å². The molecule has 7 nitrogen and oxygen atoms in total. The first-order valence-electron chi connectivity index (χ1n) is 9.12. The van der Waals surface area contributed by atoms with Crippen molar-refractivity contribution in [3.8, 4) is 5.75 Å². The number of carbonyl (C=O) groups excluding carboxylic acids is 1. The molecule has 2 heterocycles. The molecule has 1 amide bonds. The van der Waals surface area contributed by atoms with Gasteiger partial charge < -0.3 is 10.1 Å². The molecule has 2 aromatic carbocycles. The summed E-state index contributed by atoms with van der Waals surface area (Å²) in [6.07, 6.45) is 2.87. The van der Waals surface area contributed by atoms with E-state index in [1.54, 1.807) is 0 Å². The molecule has 0 saturated heterocycles. The van der Waals surface area contributed by atoms with Gasteiger partial charge in [0.1, 0.15) is 5.75 Å². The summed E-state index contributed by atoms with van der Waals surface area (Å²) >= 11 is 0. The van der Waals surface area contributed by atoms with Crippen molar-refractivity contribution in [2.45, 2.75) is 32.2 Å². The third-order valence-corrected chi connectivity index (χ3v) is 4.57. The first kappa shape index (κ1) is 17.2. The Hall–Kier alpha value is -3.22. The summed E-state index contributed by atoms with van der Waals surface area (Å²) in [4.78, 5) is 11.5. The number of amides is 1. The van der Waals surface area contributed by atoms with E-state index in [9.17, 15) is 4.79 Å². The van der Waals surface area contributed by atoms with Crippen LogP contribution < -0.4 is 10.1 Å². The Morgan fingerprint density at radius 3 is 2.89 bits per heavy atom. The van der Waals surface area contributed by atoms with Crippen LogP contribution in [0, 0.1) is 0 Å². The lowest BCUT2D eigenvalue weighted by Gasteiger charge is -2.17. The molecule has 7 heteroatoms. The Bertz CT molecular complexity index is 923. The summed E-state index contributed by atoms with van der Waals surface area (Å²) < 4.78 is 7.66. The SMILES string of the molecule is O=C1CCc2ccc(OCCCc3nnnn3Cc3ccccc3)cc2N1. The first-order chi connectivity index (χ1) is 13.3. The highest BCUT2D eigenvalue weighted by Crippen LogP contribution is 2.27. The standard InChI is InChI=1S/C20H21N5O2/c26-20-11-9-16-8-10-17(13-18(16)21-20)27-12-4-7-19-22-23-24-25(19)14-15-5-2-1-3-6-15/h1-3,5-6,8,10,13H,4,7,9,11-12,14H2,(H,21,26). The molecule has 0 bridgehead atoms. The van der Waals surface area contributed by atoms with Gasteiger partial charge >= 0.3 is 0 Å². The fourth-order valence-corrected chi connectivity index (χ4v) is 3.14. The normalized spacial score (nSPS) is 13.1. The molecular formula is C20H21N5O2. The van der Waals surface area contributed by atoms with Gasteiger partial charge in [0.25, 0.3) is 0 Å². The van der Waals surface area contributed by atoms with E-state index < -0.39 is 0 Å². The summed E-state index contributed by atoms with van der Waals surface area (Å²) in [5.74, 6) is 1.67. The highest BCUT2D eigenvalue weighted by atomic mass is 16.5. The molecule has 1 N–H and O–H groups in total. The number of aromatic nitrogens is 4. The molecule has 3 aromatic rings. The lowest BCUT2D eigenvalue weighted by Crippen LogP contribution is -2.18. The molecule has 0 saturated carbocycles. The average molecular weight is 363 g/mol. The highest BCUT2D eigenvalue weighted by molar-refractivity contribution is 5.94. The fraction of sp³-hybridized carbons (Fsp3) is 0.300. The Kier molecular flexibility index (Phi) is 5.09. The Balaban J connectivity index is 1.29. The monoisotopic (exact) mass is 363 g/mol. The van der Waals surface area contributed by atoms with Crippen LogP contribution in [0.4, 0.5) is 5.69 Å². The van der Waals surface area contributed by atoms with Gasteiger partial charge in [0.2, 0.25) is 5.91 Å². The molecule has 0 aliphatic carbocycles. The number of nitrogens with one attached hydrogen (secondary N) is 1. The van der Waals surface area contributed by atoms with Crippen molar-refractivity contribution in [2.75, 3.05) is 11.9 Å². The summed E-state index contributed by atoms with van der Waals surface area (Å²) in [5, 5.41) is 14.9. The van der Waals surface area contributed by atoms with Crippen molar-refractivity contribution >= 4 is 11.6 Å². The van der Waals surface area contributed by atoms with Crippen LogP contribution >= 0.6 is 0 Å². The van der Waals surface area contributed by atoms with E-state index in [1.165, 1.54) is 5.56 Å². The van der Waals surface area contributed by atoms with Gasteiger partial charge in [0, 0.05) is 24.6 Å². The number of fused-ring (bicyclic) bond motifs is 1. The predicted octanol–water partition coefficient (Wildman–Crippen LogP) is 2.62. The van der Waals surface area contributed by atoms with E-state index in [0.29, 0.717) is 19.6 Å². The van der Waals surface area contributed by atoms with Crippen LogP contribution in [0.5, 0.6) is 5.75 Å². The predicted molar refractivity (Wildman–Crippen MR) is 101 cm³/mol. The minimum Gasteiger partial charge on any atom is -0.494 e. The van der Waals surface area contributed by atoms with Crippen LogP contribution in [-0.2, 0) is 24.2 Å². The zero-order chi connectivity index (χ0) is 18.5. The minimum atomic E-state index is 0.0601. The molecule has 1 aliphatic heterocycles. The lowest BCUT2D eigenvalue weighted by atomic mass is 10.0. The van der Waals surface area contributed by atoms with Crippen LogP contribution in [0.2, 0.25) is 0 Å². The van der Waals surface area contributed by atoms with E-state index in [2.05, 4.69) is 33.0 Å². The zero-order valence-corrected chi connectivity index (χ0v) is 15.0. The molecule has 0 fully saturated rings. The number of aryl methyl sites for hydroxylation is 2. The minimum absolute atomic E-state index is 0.0601. The fourth-order valence-electron chi connectivity index (χ4n) is 3.14. The van der Waals surface area contributed by atoms with Crippen LogP contribution in [0.15, 0.2) is 48.5 Å². The van der Waals surface area contributed by atoms with Crippen molar-refractivity contribution in [1.82, 2.24) is 20.2 Å². The molecule has 4 rings (SSSR count). The maximum atomic E-state index is 11.5. The Labute approximate surface area is 157 Å². The van der Waals surface area contributed by atoms with Gasteiger partial charge in [-0.25, -0.2) is 4.68 Å². The van der Waals surface area contributed by atoms with Gasteiger partial charge in [-0.05, 0) is 40.5 Å². The number of benzene rings is 2. The number of tetrazole rings is 1. The average Bonchev–Trinajstić information content (AvgIpc) is 3.12. The Morgan fingerprint density at radius 2 is 2.00 bits per heavy atom. The summed E-state index contributed by atoms with van der Waals surface area (Å²) in [7, 11) is 0. The number of anilines is 1. The second kappa shape index (κ2) is 7.99. The molecule has 0 unspecified atom stereocenters. The van der Waals surface area contributed by atoms with Crippen LogP contribution in [0.1, 0.15) is 29.8 Å². The van der Waals surface area contributed by atoms with Gasteiger partial charge in [-0.2, -0.15) is 0 Å². The third-order valence-electron chi connectivity index (χ3n) is 4.57. The van der Waals surface area contributed by atoms with Crippen LogP contribution in [-0.4, -0.2) is 32.7 Å². The van der Waals surface area contributed by atoms with Gasteiger partial charge in [0.05, 0.1) is 13.2 Å². The van der Waals surface area contributed by atoms with Crippen LogP contribution in [0.3, 0.4) is 0 Å². The quantitative estimate of drug-likeness (QED) is 0.653. The second-order valence-corrected chi connectivity index (χ2v) is 6.56. The van der Waals surface area contributed by atoms with E-state index in [1.807, 2.05) is 41.1 Å². The number of nitrogens with zero attached hydrogens (tertiary/aromatic N) is 4. The van der Waals surface area contributed by atoms with E-state index in [4.69, 9.17) is 4.74 Å². The smallest absolute Gasteiger partial charge is 0.224 e. The van der Waals surface area contributed by atoms with Gasteiger partial charge in [-0.3, -0.25) is 4.79 Å². The number of hydrogen-bond acceptors (Lipinski definition) is 5. The first-order valence-corrected chi connectivity index (χ1v) is 9.12. The van der Waals surface area contributed by atoms with Gasteiger partial charge in [-0.1, -0.05) is 36.4 Å². The van der Waals surface area contributed by atoms with Crippen molar-refractivity contribution < 1.29 is 9.53 Å². The molecular weight excluding hydrogens is 342 g/mol. The molecule has 1 aliphatic rings. The molecule has 1 aromatic heterocycles. The van der Waals surface area contributed by atoms with Crippen molar-refractivity contribution in [3.63, 3.8) is 0 Å². The third kappa shape index (κ3) is 4.31. The number of hydrogen-bond donors (Lipinski definition) is 1. The molecule has 0 spiro atoms. The lowest BCUT2D eigenvalue weighted by molar-refractivity contribution is -0.116. The van der Waals surface area contributed by atoms with E-state index in [-0.39, 0.29) is 5.91 Å².